The Kier molecular flexibility index (Phi) is 5.31. The van der Waals surface area contributed by atoms with Crippen LogP contribution in [0.3, 0.4) is 0 Å². The van der Waals surface area contributed by atoms with Crippen LogP contribution in [0.15, 0.2) is 18.2 Å². The number of hydrogen-bond acceptors (Lipinski definition) is 3. The van der Waals surface area contributed by atoms with Gasteiger partial charge in [-0.05, 0) is 37.6 Å². The maximum atomic E-state index is 12.4. The highest BCUT2D eigenvalue weighted by atomic mass is 19.3. The lowest BCUT2D eigenvalue weighted by Gasteiger charge is -2.18. The number of hydrogen-bond donors (Lipinski definition) is 1. The normalized spacial score (nSPS) is 15.1. The Morgan fingerprint density at radius 3 is 2.75 bits per heavy atom. The summed E-state index contributed by atoms with van der Waals surface area (Å²) < 4.78 is 30.1. The van der Waals surface area contributed by atoms with Crippen LogP contribution in [0.1, 0.15) is 24.0 Å². The lowest BCUT2D eigenvalue weighted by Crippen LogP contribution is -2.24. The molecule has 1 fully saturated rings. The molecule has 1 saturated carbocycles. The molecule has 1 aromatic rings. The number of benzene rings is 1. The molecule has 0 aromatic heterocycles. The maximum Gasteiger partial charge on any atom is 0.251 e. The molecule has 1 aliphatic rings. The Morgan fingerprint density at radius 1 is 1.40 bits per heavy atom. The molecule has 1 aromatic carbocycles. The van der Waals surface area contributed by atoms with Crippen molar-refractivity contribution >= 4 is 0 Å². The summed E-state index contributed by atoms with van der Waals surface area (Å²) in [7, 11) is 3.30. The summed E-state index contributed by atoms with van der Waals surface area (Å²) in [5.74, 6) is 0.751. The first-order valence-electron chi connectivity index (χ1n) is 6.94. The van der Waals surface area contributed by atoms with Crippen molar-refractivity contribution in [1.82, 2.24) is 10.2 Å². The summed E-state index contributed by atoms with van der Waals surface area (Å²) in [6.07, 6.45) is 0.186. The molecule has 0 spiro atoms. The fraction of sp³-hybridized carbons (Fsp3) is 0.600. The third-order valence-corrected chi connectivity index (χ3v) is 3.41. The van der Waals surface area contributed by atoms with Crippen LogP contribution >= 0.6 is 0 Å². The van der Waals surface area contributed by atoms with E-state index in [2.05, 4.69) is 5.32 Å². The highest BCUT2D eigenvalue weighted by Gasteiger charge is 2.20. The zero-order valence-electron chi connectivity index (χ0n) is 12.0. The summed E-state index contributed by atoms with van der Waals surface area (Å²) in [5.41, 5.74) is 2.11. The van der Waals surface area contributed by atoms with Crippen molar-refractivity contribution in [3.05, 3.63) is 29.3 Å². The van der Waals surface area contributed by atoms with Crippen LogP contribution in [0.4, 0.5) is 8.78 Å². The molecule has 0 unspecified atom stereocenters. The van der Waals surface area contributed by atoms with Crippen LogP contribution in [0.25, 0.3) is 0 Å². The minimum Gasteiger partial charge on any atom is -0.496 e. The van der Waals surface area contributed by atoms with Gasteiger partial charge < -0.3 is 10.1 Å². The monoisotopic (exact) mass is 284 g/mol. The van der Waals surface area contributed by atoms with Crippen LogP contribution in [-0.2, 0) is 13.1 Å². The zero-order chi connectivity index (χ0) is 14.5. The number of ether oxygens (including phenoxy) is 1. The smallest absolute Gasteiger partial charge is 0.251 e. The predicted octanol–water partition coefficient (Wildman–Crippen LogP) is 2.64. The molecule has 20 heavy (non-hydrogen) atoms. The molecule has 0 bridgehead atoms. The van der Waals surface area contributed by atoms with Gasteiger partial charge in [-0.1, -0.05) is 6.07 Å². The lowest BCUT2D eigenvalue weighted by molar-refractivity contribution is 0.0972. The van der Waals surface area contributed by atoms with E-state index >= 15 is 0 Å². The van der Waals surface area contributed by atoms with E-state index in [1.165, 1.54) is 12.8 Å². The molecule has 112 valence electrons. The van der Waals surface area contributed by atoms with Gasteiger partial charge in [-0.3, -0.25) is 4.90 Å². The quantitative estimate of drug-likeness (QED) is 0.794. The third-order valence-electron chi connectivity index (χ3n) is 3.41. The number of methoxy groups -OCH3 is 1. The number of rotatable bonds is 8. The van der Waals surface area contributed by atoms with Gasteiger partial charge in [-0.15, -0.1) is 0 Å². The summed E-state index contributed by atoms with van der Waals surface area (Å²) in [6, 6.07) is 6.62. The van der Waals surface area contributed by atoms with Crippen molar-refractivity contribution in [2.75, 3.05) is 20.7 Å². The summed E-state index contributed by atoms with van der Waals surface area (Å²) in [6.45, 7) is 1.05. The first-order chi connectivity index (χ1) is 9.58. The molecule has 0 aliphatic heterocycles. The first-order valence-corrected chi connectivity index (χ1v) is 6.94. The second-order valence-electron chi connectivity index (χ2n) is 5.39. The number of nitrogens with zero attached hydrogens (tertiary/aromatic N) is 1. The van der Waals surface area contributed by atoms with Gasteiger partial charge in [0.1, 0.15) is 5.75 Å². The summed E-state index contributed by atoms with van der Waals surface area (Å²) in [4.78, 5) is 1.61. The minimum absolute atomic E-state index is 0.228. The zero-order valence-corrected chi connectivity index (χ0v) is 12.0. The lowest BCUT2D eigenvalue weighted by atomic mass is 10.1. The molecule has 0 amide bonds. The van der Waals surface area contributed by atoms with Crippen molar-refractivity contribution in [3.8, 4) is 5.75 Å². The Labute approximate surface area is 118 Å². The molecule has 1 aliphatic carbocycles. The molecule has 3 nitrogen and oxygen atoms in total. The fourth-order valence-electron chi connectivity index (χ4n) is 2.21. The minimum atomic E-state index is -2.31. The molecule has 0 radical (unpaired) electrons. The van der Waals surface area contributed by atoms with Gasteiger partial charge >= 0.3 is 0 Å². The van der Waals surface area contributed by atoms with Gasteiger partial charge in [0.05, 0.1) is 13.7 Å². The fourth-order valence-corrected chi connectivity index (χ4v) is 2.21. The molecule has 0 atom stereocenters. The number of halogens is 2. The van der Waals surface area contributed by atoms with E-state index in [0.717, 1.165) is 23.4 Å². The third kappa shape index (κ3) is 4.72. The highest BCUT2D eigenvalue weighted by Crippen LogP contribution is 2.23. The molecule has 0 heterocycles. The van der Waals surface area contributed by atoms with Crippen LogP contribution < -0.4 is 10.1 Å². The van der Waals surface area contributed by atoms with E-state index in [4.69, 9.17) is 4.74 Å². The SMILES string of the molecule is COc1ccc(CNC2CC2)cc1CN(C)CC(F)F. The van der Waals surface area contributed by atoms with E-state index in [0.29, 0.717) is 12.6 Å². The highest BCUT2D eigenvalue weighted by molar-refractivity contribution is 5.37. The summed E-state index contributed by atoms with van der Waals surface area (Å²) in [5, 5.41) is 3.45. The van der Waals surface area contributed by atoms with Crippen molar-refractivity contribution in [3.63, 3.8) is 0 Å². The molecule has 2 rings (SSSR count). The van der Waals surface area contributed by atoms with Crippen LogP contribution in [-0.4, -0.2) is 38.1 Å². The second kappa shape index (κ2) is 6.99. The Bertz CT molecular complexity index is 436. The average molecular weight is 284 g/mol. The second-order valence-corrected chi connectivity index (χ2v) is 5.39. The molecular formula is C15H22F2N2O. The molecule has 0 saturated heterocycles. The van der Waals surface area contributed by atoms with Gasteiger partial charge in [0.2, 0.25) is 0 Å². The summed E-state index contributed by atoms with van der Waals surface area (Å²) >= 11 is 0. The first kappa shape index (κ1) is 15.2. The van der Waals surface area contributed by atoms with Crippen molar-refractivity contribution in [2.24, 2.45) is 0 Å². The van der Waals surface area contributed by atoms with Crippen molar-refractivity contribution < 1.29 is 13.5 Å². The largest absolute Gasteiger partial charge is 0.496 e. The van der Waals surface area contributed by atoms with Gasteiger partial charge in [0.25, 0.3) is 6.43 Å². The van der Waals surface area contributed by atoms with Crippen molar-refractivity contribution in [1.29, 1.82) is 0 Å². The van der Waals surface area contributed by atoms with E-state index < -0.39 is 6.43 Å². The van der Waals surface area contributed by atoms with Crippen LogP contribution in [0, 0.1) is 0 Å². The Balaban J connectivity index is 2.00. The van der Waals surface area contributed by atoms with E-state index in [1.807, 2.05) is 18.2 Å². The molecule has 5 heteroatoms. The predicted molar refractivity (Wildman–Crippen MR) is 75.2 cm³/mol. The Hall–Kier alpha value is -1.20. The van der Waals surface area contributed by atoms with Crippen molar-refractivity contribution in [2.45, 2.75) is 38.4 Å². The van der Waals surface area contributed by atoms with Crippen LogP contribution in [0.5, 0.6) is 5.75 Å². The van der Waals surface area contributed by atoms with Crippen LogP contribution in [0.2, 0.25) is 0 Å². The standard InChI is InChI=1S/C15H22F2N2O/c1-19(10-15(16)17)9-12-7-11(3-6-14(12)20-2)8-18-13-4-5-13/h3,6-7,13,15,18H,4-5,8-10H2,1-2H3. The Morgan fingerprint density at radius 2 is 2.15 bits per heavy atom. The maximum absolute atomic E-state index is 12.4. The van der Waals surface area contributed by atoms with Gasteiger partial charge in [0.15, 0.2) is 0 Å². The van der Waals surface area contributed by atoms with E-state index in [9.17, 15) is 8.78 Å². The number of alkyl halides is 2. The average Bonchev–Trinajstić information content (AvgIpc) is 3.19. The van der Waals surface area contributed by atoms with Gasteiger partial charge in [-0.2, -0.15) is 0 Å². The molecular weight excluding hydrogens is 262 g/mol. The molecule has 1 N–H and O–H groups in total. The van der Waals surface area contributed by atoms with E-state index in [-0.39, 0.29) is 6.54 Å². The topological polar surface area (TPSA) is 24.5 Å². The van der Waals surface area contributed by atoms with Gasteiger partial charge in [-0.25, -0.2) is 8.78 Å². The van der Waals surface area contributed by atoms with Gasteiger partial charge in [0, 0.05) is 24.7 Å². The van der Waals surface area contributed by atoms with E-state index in [1.54, 1.807) is 19.1 Å². The number of nitrogens with one attached hydrogen (secondary N) is 1.